The molecule has 1 aromatic heterocycles. The molecule has 0 saturated heterocycles. The molecule has 0 amide bonds. The zero-order valence-corrected chi connectivity index (χ0v) is 24.2. The normalized spacial score (nSPS) is 16.8. The zero-order chi connectivity index (χ0) is 26.1. The van der Waals surface area contributed by atoms with E-state index in [9.17, 15) is 4.79 Å². The fraction of sp³-hybridized carbons (Fsp3) is 0.346. The molecule has 1 aliphatic heterocycles. The van der Waals surface area contributed by atoms with Crippen molar-refractivity contribution in [2.75, 3.05) is 17.7 Å². The van der Waals surface area contributed by atoms with E-state index in [1.807, 2.05) is 29.8 Å². The fourth-order valence-corrected chi connectivity index (χ4v) is 6.02. The van der Waals surface area contributed by atoms with Gasteiger partial charge in [-0.05, 0) is 76.8 Å². The molecule has 2 aliphatic rings. The highest BCUT2D eigenvalue weighted by Crippen LogP contribution is 2.45. The molecule has 1 unspecified atom stereocenters. The van der Waals surface area contributed by atoms with E-state index in [1.165, 1.54) is 0 Å². The number of carbonyl (C=O) groups excluding carboxylic acids is 1. The van der Waals surface area contributed by atoms with Crippen LogP contribution in [0.2, 0.25) is 10.0 Å². The number of benzene rings is 2. The van der Waals surface area contributed by atoms with Crippen molar-refractivity contribution < 1.29 is 14.3 Å². The molecule has 1 atom stereocenters. The second kappa shape index (κ2) is 11.3. The Labute approximate surface area is 238 Å². The summed E-state index contributed by atoms with van der Waals surface area (Å²) >= 11 is 17.5. The maximum Gasteiger partial charge on any atom is 0.227 e. The Morgan fingerprint density at radius 2 is 2.00 bits per heavy atom. The highest BCUT2D eigenvalue weighted by Gasteiger charge is 2.37. The van der Waals surface area contributed by atoms with Crippen molar-refractivity contribution in [1.29, 1.82) is 0 Å². The van der Waals surface area contributed by atoms with E-state index >= 15 is 0 Å². The molecule has 0 radical (unpaired) electrons. The van der Waals surface area contributed by atoms with Gasteiger partial charge in [0.1, 0.15) is 12.6 Å². The molecule has 0 spiro atoms. The molecule has 11 heteroatoms. The van der Waals surface area contributed by atoms with Crippen molar-refractivity contribution in [3.8, 4) is 11.5 Å². The lowest BCUT2D eigenvalue weighted by Crippen LogP contribution is -2.31. The fourth-order valence-electron chi connectivity index (χ4n) is 4.57. The number of aromatic nitrogens is 3. The Morgan fingerprint density at radius 3 is 2.76 bits per heavy atom. The van der Waals surface area contributed by atoms with Gasteiger partial charge in [0.15, 0.2) is 17.3 Å². The summed E-state index contributed by atoms with van der Waals surface area (Å²) in [4.78, 5) is 17.9. The van der Waals surface area contributed by atoms with E-state index in [2.05, 4.69) is 33.2 Å². The van der Waals surface area contributed by atoms with Crippen molar-refractivity contribution in [3.63, 3.8) is 0 Å². The van der Waals surface area contributed by atoms with E-state index in [0.29, 0.717) is 50.1 Å². The van der Waals surface area contributed by atoms with E-state index in [1.54, 1.807) is 23.9 Å². The number of fused-ring (bicyclic) bond motifs is 1. The first-order chi connectivity index (χ1) is 17.9. The van der Waals surface area contributed by atoms with Gasteiger partial charge in [0, 0.05) is 17.7 Å². The van der Waals surface area contributed by atoms with E-state index in [4.69, 9.17) is 37.8 Å². The third kappa shape index (κ3) is 5.37. The first kappa shape index (κ1) is 26.4. The van der Waals surface area contributed by atoms with Crippen LogP contribution in [0.15, 0.2) is 51.2 Å². The minimum Gasteiger partial charge on any atom is -0.490 e. The van der Waals surface area contributed by atoms with Crippen molar-refractivity contribution >= 4 is 62.6 Å². The van der Waals surface area contributed by atoms with E-state index in [0.717, 1.165) is 41.0 Å². The van der Waals surface area contributed by atoms with E-state index < -0.39 is 6.04 Å². The molecule has 2 aromatic carbocycles. The quantitative estimate of drug-likeness (QED) is 0.261. The highest BCUT2D eigenvalue weighted by atomic mass is 79.9. The van der Waals surface area contributed by atoms with Gasteiger partial charge in [0.25, 0.3) is 0 Å². The van der Waals surface area contributed by atoms with Gasteiger partial charge in [-0.25, -0.2) is 4.68 Å². The van der Waals surface area contributed by atoms with Crippen LogP contribution in [0, 0.1) is 0 Å². The van der Waals surface area contributed by atoms with Crippen LogP contribution in [0.4, 0.5) is 5.95 Å². The van der Waals surface area contributed by atoms with Crippen molar-refractivity contribution in [2.45, 2.75) is 50.9 Å². The number of anilines is 1. The predicted molar refractivity (Wildman–Crippen MR) is 150 cm³/mol. The van der Waals surface area contributed by atoms with Gasteiger partial charge < -0.3 is 14.8 Å². The summed E-state index contributed by atoms with van der Waals surface area (Å²) in [6, 6.07) is 8.87. The van der Waals surface area contributed by atoms with Crippen LogP contribution in [0.5, 0.6) is 11.5 Å². The average molecular weight is 624 g/mol. The number of ketones is 1. The number of hydrogen-bond acceptors (Lipinski definition) is 7. The zero-order valence-electron chi connectivity index (χ0n) is 20.3. The number of Topliss-reactive ketones (excluding diaryl/α,β-unsaturated/α-hetero) is 1. The Balaban J connectivity index is 1.55. The number of halogens is 3. The molecule has 1 aliphatic carbocycles. The van der Waals surface area contributed by atoms with Crippen molar-refractivity contribution in [2.24, 2.45) is 0 Å². The molecule has 1 N–H and O–H groups in total. The van der Waals surface area contributed by atoms with Crippen molar-refractivity contribution in [1.82, 2.24) is 14.8 Å². The number of ether oxygens (including phenoxy) is 2. The Morgan fingerprint density at radius 1 is 1.16 bits per heavy atom. The number of hydrogen-bond donors (Lipinski definition) is 1. The first-order valence-corrected chi connectivity index (χ1v) is 14.6. The van der Waals surface area contributed by atoms with Crippen LogP contribution in [-0.2, 0) is 11.4 Å². The molecule has 5 rings (SSSR count). The minimum atomic E-state index is -0.419. The van der Waals surface area contributed by atoms with Crippen LogP contribution in [0.1, 0.15) is 50.3 Å². The Kier molecular flexibility index (Phi) is 8.04. The van der Waals surface area contributed by atoms with Gasteiger partial charge in [-0.1, -0.05) is 48.0 Å². The van der Waals surface area contributed by atoms with Crippen LogP contribution < -0.4 is 14.8 Å². The largest absolute Gasteiger partial charge is 0.490 e. The summed E-state index contributed by atoms with van der Waals surface area (Å²) in [5.41, 5.74) is 3.39. The maximum atomic E-state index is 13.2. The third-order valence-electron chi connectivity index (χ3n) is 6.14. The van der Waals surface area contributed by atoms with Gasteiger partial charge >= 0.3 is 0 Å². The number of allylic oxidation sites excluding steroid dienone is 2. The smallest absolute Gasteiger partial charge is 0.227 e. The summed E-state index contributed by atoms with van der Waals surface area (Å²) in [5, 5.41) is 9.76. The number of nitrogens with one attached hydrogen (secondary N) is 1. The number of carbonyl (C=O) groups is 1. The summed E-state index contributed by atoms with van der Waals surface area (Å²) in [6.07, 6.45) is 2.13. The molecule has 0 bridgehead atoms. The predicted octanol–water partition coefficient (Wildman–Crippen LogP) is 7.46. The second-order valence-electron chi connectivity index (χ2n) is 8.59. The Hall–Kier alpha value is -2.20. The van der Waals surface area contributed by atoms with E-state index in [-0.39, 0.29) is 12.4 Å². The molecule has 37 heavy (non-hydrogen) atoms. The molecule has 3 aromatic rings. The van der Waals surface area contributed by atoms with Gasteiger partial charge in [0.2, 0.25) is 11.1 Å². The van der Waals surface area contributed by atoms with Gasteiger partial charge in [-0.3, -0.25) is 4.79 Å². The number of rotatable bonds is 8. The van der Waals surface area contributed by atoms with Crippen LogP contribution >= 0.6 is 50.9 Å². The molecule has 2 heterocycles. The molecular formula is C26H25BrCl2N4O3S. The third-order valence-corrected chi connectivity index (χ3v) is 8.18. The lowest BCUT2D eigenvalue weighted by molar-refractivity contribution is -0.116. The molecular weight excluding hydrogens is 599 g/mol. The lowest BCUT2D eigenvalue weighted by Gasteiger charge is -2.32. The Bertz CT molecular complexity index is 1390. The van der Waals surface area contributed by atoms with Gasteiger partial charge in [0.05, 0.1) is 21.1 Å². The standard InChI is InChI=1S/C26H25BrCl2N4O3S/c1-3-35-21-12-15(11-16(27)24(21)36-13-14-8-9-17(28)18(29)10-14)23-22-19(6-5-7-20(22)34)30-25-31-26(37-4-2)32-33(23)25/h8-12,23H,3-7,13H2,1-2H3,(H,30,31,32). The summed E-state index contributed by atoms with van der Waals surface area (Å²) in [7, 11) is 0. The summed E-state index contributed by atoms with van der Waals surface area (Å²) < 4.78 is 14.7. The minimum absolute atomic E-state index is 0.124. The van der Waals surface area contributed by atoms with Crippen LogP contribution in [-0.4, -0.2) is 32.9 Å². The summed E-state index contributed by atoms with van der Waals surface area (Å²) in [6.45, 7) is 4.71. The summed E-state index contributed by atoms with van der Waals surface area (Å²) in [5.74, 6) is 2.75. The van der Waals surface area contributed by atoms with Gasteiger partial charge in [-0.2, -0.15) is 4.98 Å². The first-order valence-electron chi connectivity index (χ1n) is 12.0. The topological polar surface area (TPSA) is 78.3 Å². The maximum absolute atomic E-state index is 13.2. The monoisotopic (exact) mass is 622 g/mol. The molecule has 7 nitrogen and oxygen atoms in total. The van der Waals surface area contributed by atoms with Crippen LogP contribution in [0.3, 0.4) is 0 Å². The number of nitrogens with zero attached hydrogens (tertiary/aromatic N) is 3. The van der Waals surface area contributed by atoms with Crippen LogP contribution in [0.25, 0.3) is 0 Å². The van der Waals surface area contributed by atoms with Crippen molar-refractivity contribution in [3.05, 3.63) is 67.2 Å². The average Bonchev–Trinajstić information content (AvgIpc) is 3.26. The molecule has 0 saturated carbocycles. The highest BCUT2D eigenvalue weighted by molar-refractivity contribution is 9.10. The van der Waals surface area contributed by atoms with Gasteiger partial charge in [-0.15, -0.1) is 5.10 Å². The SMILES string of the molecule is CCOc1cc(C2C3=C(CCCC3=O)Nc3nc(SCC)nn32)cc(Br)c1OCc1ccc(Cl)c(Cl)c1. The molecule has 194 valence electrons. The number of thioether (sulfide) groups is 1. The molecule has 0 fully saturated rings. The second-order valence-corrected chi connectivity index (χ2v) is 11.5. The lowest BCUT2D eigenvalue weighted by atomic mass is 9.85.